The standard InChI is InChI=1S/C25H33N7O2/c1-25(2,3)34-24(33)29-10-11-31-12-14-32(15-13-31)23-6-7-26-18-22(23)30-17-19-4-5-20-21(16-19)28-9-8-27-20/h4-9,16,18,30H,10-15,17H2,1-3H3,(H,29,33). The third-order valence-electron chi connectivity index (χ3n) is 5.62. The Kier molecular flexibility index (Phi) is 7.42. The Balaban J connectivity index is 1.28. The number of hydrogen-bond donors (Lipinski definition) is 2. The minimum Gasteiger partial charge on any atom is -0.444 e. The number of nitrogens with zero attached hydrogens (tertiary/aromatic N) is 5. The van der Waals surface area contributed by atoms with Crippen molar-refractivity contribution in [2.75, 3.05) is 49.5 Å². The van der Waals surface area contributed by atoms with E-state index in [0.717, 1.165) is 60.7 Å². The van der Waals surface area contributed by atoms with E-state index in [1.54, 1.807) is 12.4 Å². The normalized spacial score (nSPS) is 14.7. The molecule has 0 spiro atoms. The average Bonchev–Trinajstić information content (AvgIpc) is 2.82. The van der Waals surface area contributed by atoms with Gasteiger partial charge in [0.2, 0.25) is 0 Å². The van der Waals surface area contributed by atoms with Gasteiger partial charge in [-0.15, -0.1) is 0 Å². The first-order valence-corrected chi connectivity index (χ1v) is 11.7. The number of carbonyl (C=O) groups excluding carboxylic acids is 1. The van der Waals surface area contributed by atoms with Crippen LogP contribution in [0.25, 0.3) is 11.0 Å². The Morgan fingerprint density at radius 3 is 2.56 bits per heavy atom. The van der Waals surface area contributed by atoms with Gasteiger partial charge in [0, 0.05) is 64.4 Å². The fourth-order valence-corrected chi connectivity index (χ4v) is 3.96. The number of ether oxygens (including phenoxy) is 1. The van der Waals surface area contributed by atoms with Gasteiger partial charge in [0.05, 0.1) is 28.6 Å². The molecule has 1 aliphatic heterocycles. The van der Waals surface area contributed by atoms with E-state index in [0.29, 0.717) is 13.1 Å². The molecule has 180 valence electrons. The molecular weight excluding hydrogens is 430 g/mol. The van der Waals surface area contributed by atoms with Crippen LogP contribution in [-0.4, -0.2) is 70.8 Å². The second-order valence-electron chi connectivity index (χ2n) is 9.38. The third-order valence-corrected chi connectivity index (χ3v) is 5.62. The van der Waals surface area contributed by atoms with Crippen LogP contribution in [0.4, 0.5) is 16.2 Å². The van der Waals surface area contributed by atoms with Crippen molar-refractivity contribution >= 4 is 28.5 Å². The molecule has 0 atom stereocenters. The zero-order chi connectivity index (χ0) is 24.0. The number of hydrogen-bond acceptors (Lipinski definition) is 8. The van der Waals surface area contributed by atoms with Crippen LogP contribution < -0.4 is 15.5 Å². The maximum absolute atomic E-state index is 11.8. The molecule has 0 radical (unpaired) electrons. The number of aromatic nitrogens is 3. The maximum atomic E-state index is 11.8. The van der Waals surface area contributed by atoms with E-state index < -0.39 is 5.60 Å². The first-order valence-electron chi connectivity index (χ1n) is 11.7. The molecule has 2 aromatic heterocycles. The minimum atomic E-state index is -0.478. The van der Waals surface area contributed by atoms with Crippen LogP contribution in [-0.2, 0) is 11.3 Å². The van der Waals surface area contributed by atoms with Crippen LogP contribution >= 0.6 is 0 Å². The summed E-state index contributed by atoms with van der Waals surface area (Å²) in [7, 11) is 0. The highest BCUT2D eigenvalue weighted by Gasteiger charge is 2.20. The molecule has 3 heterocycles. The summed E-state index contributed by atoms with van der Waals surface area (Å²) in [5.41, 5.74) is 4.63. The molecule has 0 unspecified atom stereocenters. The first-order chi connectivity index (χ1) is 16.4. The summed E-state index contributed by atoms with van der Waals surface area (Å²) in [4.78, 5) is 29.6. The molecule has 1 amide bonds. The van der Waals surface area contributed by atoms with E-state index in [4.69, 9.17) is 4.74 Å². The first kappa shape index (κ1) is 23.7. The highest BCUT2D eigenvalue weighted by atomic mass is 16.6. The maximum Gasteiger partial charge on any atom is 0.407 e. The van der Waals surface area contributed by atoms with Gasteiger partial charge in [0.15, 0.2) is 0 Å². The van der Waals surface area contributed by atoms with Crippen molar-refractivity contribution in [3.8, 4) is 0 Å². The van der Waals surface area contributed by atoms with E-state index >= 15 is 0 Å². The molecule has 4 rings (SSSR count). The van der Waals surface area contributed by atoms with Crippen molar-refractivity contribution in [1.29, 1.82) is 0 Å². The molecule has 1 fully saturated rings. The number of anilines is 2. The topological polar surface area (TPSA) is 95.5 Å². The highest BCUT2D eigenvalue weighted by molar-refractivity contribution is 5.75. The second kappa shape index (κ2) is 10.6. The van der Waals surface area contributed by atoms with Gasteiger partial charge in [-0.25, -0.2) is 4.79 Å². The van der Waals surface area contributed by atoms with E-state index in [-0.39, 0.29) is 6.09 Å². The fourth-order valence-electron chi connectivity index (χ4n) is 3.96. The van der Waals surface area contributed by atoms with E-state index in [2.05, 4.69) is 53.6 Å². The summed E-state index contributed by atoms with van der Waals surface area (Å²) in [5.74, 6) is 0. The van der Waals surface area contributed by atoms with Crippen LogP contribution in [0.2, 0.25) is 0 Å². The van der Waals surface area contributed by atoms with Crippen molar-refractivity contribution in [1.82, 2.24) is 25.2 Å². The van der Waals surface area contributed by atoms with Crippen molar-refractivity contribution < 1.29 is 9.53 Å². The Morgan fingerprint density at radius 1 is 1.03 bits per heavy atom. The van der Waals surface area contributed by atoms with Gasteiger partial charge in [-0.3, -0.25) is 19.9 Å². The van der Waals surface area contributed by atoms with Crippen LogP contribution in [0.3, 0.4) is 0 Å². The van der Waals surface area contributed by atoms with Gasteiger partial charge in [-0.2, -0.15) is 0 Å². The zero-order valence-corrected chi connectivity index (χ0v) is 20.1. The molecule has 3 aromatic rings. The van der Waals surface area contributed by atoms with Gasteiger partial charge in [-0.1, -0.05) is 6.07 Å². The predicted octanol–water partition coefficient (Wildman–Crippen LogP) is 3.28. The van der Waals surface area contributed by atoms with Gasteiger partial charge >= 0.3 is 6.09 Å². The van der Waals surface area contributed by atoms with E-state index in [9.17, 15) is 4.79 Å². The summed E-state index contributed by atoms with van der Waals surface area (Å²) in [6.45, 7) is 11.4. The van der Waals surface area contributed by atoms with Gasteiger partial charge in [0.25, 0.3) is 0 Å². The van der Waals surface area contributed by atoms with Gasteiger partial charge in [-0.05, 0) is 44.5 Å². The summed E-state index contributed by atoms with van der Waals surface area (Å²) >= 11 is 0. The summed E-state index contributed by atoms with van der Waals surface area (Å²) < 4.78 is 5.29. The Labute approximate surface area is 200 Å². The van der Waals surface area contributed by atoms with Crippen molar-refractivity contribution in [3.05, 3.63) is 54.6 Å². The Bertz CT molecular complexity index is 1110. The SMILES string of the molecule is CC(C)(C)OC(=O)NCCN1CCN(c2ccncc2NCc2ccc3nccnc3c2)CC1. The number of carbonyl (C=O) groups is 1. The summed E-state index contributed by atoms with van der Waals surface area (Å²) in [6.07, 6.45) is 6.78. The fraction of sp³-hybridized carbons (Fsp3) is 0.440. The lowest BCUT2D eigenvalue weighted by Gasteiger charge is -2.37. The van der Waals surface area contributed by atoms with Crippen molar-refractivity contribution in [2.24, 2.45) is 0 Å². The number of nitrogens with one attached hydrogen (secondary N) is 2. The highest BCUT2D eigenvalue weighted by Crippen LogP contribution is 2.26. The Morgan fingerprint density at radius 2 is 1.79 bits per heavy atom. The molecule has 1 aliphatic rings. The monoisotopic (exact) mass is 463 g/mol. The molecule has 1 saturated heterocycles. The van der Waals surface area contributed by atoms with Crippen LogP contribution in [0.1, 0.15) is 26.3 Å². The predicted molar refractivity (Wildman–Crippen MR) is 134 cm³/mol. The zero-order valence-electron chi connectivity index (χ0n) is 20.1. The molecule has 0 saturated carbocycles. The molecule has 0 aliphatic carbocycles. The quantitative estimate of drug-likeness (QED) is 0.551. The Hall–Kier alpha value is -3.46. The number of pyridine rings is 1. The van der Waals surface area contributed by atoms with E-state index in [1.165, 1.54) is 0 Å². The number of amides is 1. The number of benzene rings is 1. The molecule has 34 heavy (non-hydrogen) atoms. The summed E-state index contributed by atoms with van der Waals surface area (Å²) in [6, 6.07) is 8.20. The van der Waals surface area contributed by atoms with Crippen molar-refractivity contribution in [2.45, 2.75) is 32.9 Å². The lowest BCUT2D eigenvalue weighted by atomic mass is 10.2. The van der Waals surface area contributed by atoms with Crippen LogP contribution in [0, 0.1) is 0 Å². The number of alkyl carbamates (subject to hydrolysis) is 1. The largest absolute Gasteiger partial charge is 0.444 e. The summed E-state index contributed by atoms with van der Waals surface area (Å²) in [5, 5.41) is 6.38. The lowest BCUT2D eigenvalue weighted by molar-refractivity contribution is 0.0521. The smallest absolute Gasteiger partial charge is 0.407 e. The number of rotatable bonds is 7. The molecule has 9 heteroatoms. The van der Waals surface area contributed by atoms with Gasteiger partial charge in [0.1, 0.15) is 5.60 Å². The molecule has 9 nitrogen and oxygen atoms in total. The number of piperazine rings is 1. The van der Waals surface area contributed by atoms with Crippen LogP contribution in [0.5, 0.6) is 0 Å². The average molecular weight is 464 g/mol. The second-order valence-corrected chi connectivity index (χ2v) is 9.38. The molecule has 0 bridgehead atoms. The molecule has 1 aromatic carbocycles. The molecular formula is C25H33N7O2. The van der Waals surface area contributed by atoms with E-state index in [1.807, 2.05) is 39.2 Å². The minimum absolute atomic E-state index is 0.364. The van der Waals surface area contributed by atoms with Crippen LogP contribution in [0.15, 0.2) is 49.1 Å². The lowest BCUT2D eigenvalue weighted by Crippen LogP contribution is -2.48. The van der Waals surface area contributed by atoms with Gasteiger partial charge < -0.3 is 20.3 Å². The van der Waals surface area contributed by atoms with Crippen molar-refractivity contribution in [3.63, 3.8) is 0 Å². The number of fused-ring (bicyclic) bond motifs is 1. The third kappa shape index (κ3) is 6.54. The molecule has 2 N–H and O–H groups in total.